The van der Waals surface area contributed by atoms with Crippen LogP contribution in [0.4, 0.5) is 10.1 Å². The van der Waals surface area contributed by atoms with Crippen LogP contribution in [0.15, 0.2) is 24.3 Å². The molecule has 2 rings (SSSR count). The minimum absolute atomic E-state index is 0.143. The highest BCUT2D eigenvalue weighted by atomic mass is 19.1. The van der Waals surface area contributed by atoms with Crippen LogP contribution in [0.2, 0.25) is 0 Å². The molecule has 1 saturated heterocycles. The molecule has 3 nitrogen and oxygen atoms in total. The van der Waals surface area contributed by atoms with E-state index in [1.807, 2.05) is 4.90 Å². The Morgan fingerprint density at radius 3 is 2.47 bits per heavy atom. The first-order valence-corrected chi connectivity index (χ1v) is 4.85. The smallest absolute Gasteiger partial charge is 0.335 e. The maximum absolute atomic E-state index is 12.2. The van der Waals surface area contributed by atoms with Crippen molar-refractivity contribution in [2.75, 3.05) is 24.7 Å². The highest BCUT2D eigenvalue weighted by Gasteiger charge is 2.26. The number of anilines is 1. The average Bonchev–Trinajstić information content (AvgIpc) is 2.17. The SMILES string of the molecule is O=C(O)c1ccc(N2CC(CF)C2)cc1. The number of benzene rings is 1. The van der Waals surface area contributed by atoms with Crippen LogP contribution in [0.5, 0.6) is 0 Å². The molecule has 1 aromatic carbocycles. The zero-order valence-electron chi connectivity index (χ0n) is 8.19. The van der Waals surface area contributed by atoms with E-state index in [1.165, 1.54) is 0 Å². The Bertz CT molecular complexity index is 357. The molecule has 0 radical (unpaired) electrons. The van der Waals surface area contributed by atoms with Crippen molar-refractivity contribution < 1.29 is 14.3 Å². The summed E-state index contributed by atoms with van der Waals surface area (Å²) >= 11 is 0. The molecule has 80 valence electrons. The minimum Gasteiger partial charge on any atom is -0.478 e. The molecule has 15 heavy (non-hydrogen) atoms. The Hall–Kier alpha value is -1.58. The zero-order valence-corrected chi connectivity index (χ0v) is 8.19. The number of hydrogen-bond acceptors (Lipinski definition) is 2. The summed E-state index contributed by atoms with van der Waals surface area (Å²) in [5.41, 5.74) is 1.24. The molecule has 1 aliphatic heterocycles. The van der Waals surface area contributed by atoms with E-state index in [2.05, 4.69) is 0 Å². The highest BCUT2D eigenvalue weighted by Crippen LogP contribution is 2.24. The molecule has 0 aromatic heterocycles. The molecule has 1 heterocycles. The molecule has 1 N–H and O–H groups in total. The van der Waals surface area contributed by atoms with E-state index in [1.54, 1.807) is 24.3 Å². The lowest BCUT2D eigenvalue weighted by Gasteiger charge is -2.39. The van der Waals surface area contributed by atoms with E-state index in [-0.39, 0.29) is 18.2 Å². The van der Waals surface area contributed by atoms with Crippen molar-refractivity contribution in [2.45, 2.75) is 0 Å². The summed E-state index contributed by atoms with van der Waals surface area (Å²) in [5, 5.41) is 8.70. The van der Waals surface area contributed by atoms with Gasteiger partial charge in [0.05, 0.1) is 12.2 Å². The number of nitrogens with zero attached hydrogens (tertiary/aromatic N) is 1. The van der Waals surface area contributed by atoms with Crippen molar-refractivity contribution >= 4 is 11.7 Å². The fourth-order valence-corrected chi connectivity index (χ4v) is 1.69. The molecule has 0 spiro atoms. The monoisotopic (exact) mass is 209 g/mol. The minimum atomic E-state index is -0.924. The van der Waals surface area contributed by atoms with Crippen molar-refractivity contribution in [2.24, 2.45) is 5.92 Å². The Morgan fingerprint density at radius 1 is 1.40 bits per heavy atom. The normalized spacial score (nSPS) is 16.2. The first kappa shape index (κ1) is 9.96. The van der Waals surface area contributed by atoms with Crippen molar-refractivity contribution in [3.8, 4) is 0 Å². The average molecular weight is 209 g/mol. The summed E-state index contributed by atoms with van der Waals surface area (Å²) in [6.07, 6.45) is 0. The molecule has 0 bridgehead atoms. The third-order valence-electron chi connectivity index (χ3n) is 2.65. The molecule has 0 saturated carbocycles. The maximum Gasteiger partial charge on any atom is 0.335 e. The number of halogens is 1. The van der Waals surface area contributed by atoms with E-state index < -0.39 is 5.97 Å². The number of hydrogen-bond donors (Lipinski definition) is 1. The Balaban J connectivity index is 2.02. The summed E-state index contributed by atoms with van der Waals surface area (Å²) in [7, 11) is 0. The predicted octanol–water partition coefficient (Wildman–Crippen LogP) is 1.79. The topological polar surface area (TPSA) is 40.5 Å². The van der Waals surface area contributed by atoms with Gasteiger partial charge in [-0.1, -0.05) is 0 Å². The second kappa shape index (κ2) is 3.88. The first-order valence-electron chi connectivity index (χ1n) is 4.85. The number of carbonyl (C=O) groups is 1. The van der Waals surface area contributed by atoms with Gasteiger partial charge in [0.1, 0.15) is 0 Å². The first-order chi connectivity index (χ1) is 7.20. The fraction of sp³-hybridized carbons (Fsp3) is 0.364. The van der Waals surface area contributed by atoms with Crippen molar-refractivity contribution in [3.05, 3.63) is 29.8 Å². The predicted molar refractivity (Wildman–Crippen MR) is 55.1 cm³/mol. The highest BCUT2D eigenvalue weighted by molar-refractivity contribution is 5.88. The van der Waals surface area contributed by atoms with Crippen molar-refractivity contribution in [3.63, 3.8) is 0 Å². The van der Waals surface area contributed by atoms with Crippen LogP contribution in [-0.4, -0.2) is 30.8 Å². The molecule has 1 fully saturated rings. The van der Waals surface area contributed by atoms with E-state index in [4.69, 9.17) is 5.11 Å². The standard InChI is InChI=1S/C11H12FNO2/c12-5-8-6-13(7-8)10-3-1-9(2-4-10)11(14)15/h1-4,8H,5-7H2,(H,14,15). The van der Waals surface area contributed by atoms with Gasteiger partial charge in [-0.2, -0.15) is 0 Å². The van der Waals surface area contributed by atoms with Gasteiger partial charge in [-0.25, -0.2) is 4.79 Å². The third kappa shape index (κ3) is 1.93. The van der Waals surface area contributed by atoms with Crippen molar-refractivity contribution in [1.82, 2.24) is 0 Å². The number of rotatable bonds is 3. The molecular weight excluding hydrogens is 197 g/mol. The van der Waals surface area contributed by atoms with E-state index >= 15 is 0 Å². The van der Waals surface area contributed by atoms with E-state index in [0.29, 0.717) is 0 Å². The van der Waals surface area contributed by atoms with E-state index in [0.717, 1.165) is 18.8 Å². The van der Waals surface area contributed by atoms with Crippen LogP contribution in [0.3, 0.4) is 0 Å². The van der Waals surface area contributed by atoms with Gasteiger partial charge >= 0.3 is 5.97 Å². The number of carboxylic acid groups (broad SMARTS) is 1. The molecule has 1 aromatic rings. The summed E-state index contributed by atoms with van der Waals surface area (Å²) in [4.78, 5) is 12.6. The molecule has 0 aliphatic carbocycles. The molecular formula is C11H12FNO2. The van der Waals surface area contributed by atoms with Gasteiger partial charge in [-0.3, -0.25) is 4.39 Å². The van der Waals surface area contributed by atoms with Crippen LogP contribution < -0.4 is 4.90 Å². The second-order valence-corrected chi connectivity index (χ2v) is 3.78. The number of aromatic carboxylic acids is 1. The summed E-state index contributed by atoms with van der Waals surface area (Å²) < 4.78 is 12.2. The molecule has 0 amide bonds. The third-order valence-corrected chi connectivity index (χ3v) is 2.65. The zero-order chi connectivity index (χ0) is 10.8. The van der Waals surface area contributed by atoms with Gasteiger partial charge in [-0.05, 0) is 24.3 Å². The van der Waals surface area contributed by atoms with Gasteiger partial charge in [0.2, 0.25) is 0 Å². The Morgan fingerprint density at radius 2 is 2.00 bits per heavy atom. The summed E-state index contributed by atoms with van der Waals surface area (Å²) in [6, 6.07) is 6.66. The van der Waals surface area contributed by atoms with Crippen LogP contribution in [0.1, 0.15) is 10.4 Å². The number of alkyl halides is 1. The summed E-state index contributed by atoms with van der Waals surface area (Å²) in [6.45, 7) is 1.18. The summed E-state index contributed by atoms with van der Waals surface area (Å²) in [5.74, 6) is -0.782. The quantitative estimate of drug-likeness (QED) is 0.825. The van der Waals surface area contributed by atoms with Crippen molar-refractivity contribution in [1.29, 1.82) is 0 Å². The molecule has 0 atom stereocenters. The maximum atomic E-state index is 12.2. The molecule has 4 heteroatoms. The van der Waals surface area contributed by atoms with Crippen LogP contribution in [0, 0.1) is 5.92 Å². The van der Waals surface area contributed by atoms with Crippen LogP contribution in [-0.2, 0) is 0 Å². The van der Waals surface area contributed by atoms with Gasteiger partial charge in [0, 0.05) is 24.7 Å². The molecule has 1 aliphatic rings. The largest absolute Gasteiger partial charge is 0.478 e. The lowest BCUT2D eigenvalue weighted by atomic mass is 10.0. The van der Waals surface area contributed by atoms with Gasteiger partial charge in [-0.15, -0.1) is 0 Å². The molecule has 0 unspecified atom stereocenters. The van der Waals surface area contributed by atoms with Crippen LogP contribution in [0.25, 0.3) is 0 Å². The Kier molecular flexibility index (Phi) is 2.58. The van der Waals surface area contributed by atoms with Crippen LogP contribution >= 0.6 is 0 Å². The fourth-order valence-electron chi connectivity index (χ4n) is 1.69. The second-order valence-electron chi connectivity index (χ2n) is 3.78. The van der Waals surface area contributed by atoms with Gasteiger partial charge in [0.25, 0.3) is 0 Å². The van der Waals surface area contributed by atoms with E-state index in [9.17, 15) is 9.18 Å². The van der Waals surface area contributed by atoms with Gasteiger partial charge in [0.15, 0.2) is 0 Å². The lowest BCUT2D eigenvalue weighted by Crippen LogP contribution is -2.47. The number of carboxylic acids is 1. The Labute approximate surface area is 87.1 Å². The van der Waals surface area contributed by atoms with Gasteiger partial charge < -0.3 is 10.0 Å². The lowest BCUT2D eigenvalue weighted by molar-refractivity contribution is 0.0697.